The van der Waals surface area contributed by atoms with Crippen molar-refractivity contribution >= 4 is 0 Å². The molecule has 0 aromatic heterocycles. The van der Waals surface area contributed by atoms with Crippen LogP contribution < -0.4 is 0 Å². The van der Waals surface area contributed by atoms with Crippen LogP contribution in [0, 0.1) is 22.7 Å². The molecule has 96 valence electrons. The van der Waals surface area contributed by atoms with Crippen LogP contribution in [0.4, 0.5) is 0 Å². The lowest BCUT2D eigenvalue weighted by Gasteiger charge is -2.30. The predicted molar refractivity (Wildman–Crippen MR) is 71.9 cm³/mol. The maximum absolute atomic E-state index is 1.61. The molecule has 0 radical (unpaired) electrons. The van der Waals surface area contributed by atoms with E-state index in [2.05, 4.69) is 0 Å². The Kier molecular flexibility index (Phi) is 2.40. The van der Waals surface area contributed by atoms with Crippen LogP contribution in [-0.4, -0.2) is 0 Å². The van der Waals surface area contributed by atoms with Crippen LogP contribution >= 0.6 is 0 Å². The summed E-state index contributed by atoms with van der Waals surface area (Å²) < 4.78 is 0. The molecule has 4 aliphatic rings. The summed E-state index contributed by atoms with van der Waals surface area (Å²) >= 11 is 0. The highest BCUT2D eigenvalue weighted by atomic mass is 14.5. The number of fused-ring (bicyclic) bond motifs is 4. The highest BCUT2D eigenvalue weighted by molar-refractivity contribution is 4.98. The van der Waals surface area contributed by atoms with Gasteiger partial charge in [0.05, 0.1) is 0 Å². The Morgan fingerprint density at radius 1 is 0.647 bits per heavy atom. The summed E-state index contributed by atoms with van der Waals surface area (Å²) in [4.78, 5) is 0. The van der Waals surface area contributed by atoms with E-state index in [1.54, 1.807) is 83.5 Å². The Bertz CT molecular complexity index is 257. The van der Waals surface area contributed by atoms with Gasteiger partial charge in [0.2, 0.25) is 0 Å². The van der Waals surface area contributed by atoms with Gasteiger partial charge in [-0.1, -0.05) is 6.42 Å². The minimum absolute atomic E-state index is 0.859. The molecule has 0 spiro atoms. The summed E-state index contributed by atoms with van der Waals surface area (Å²) in [6.07, 6.45) is 20.7. The molecule has 0 unspecified atom stereocenters. The first kappa shape index (κ1) is 10.9. The zero-order valence-corrected chi connectivity index (χ0v) is 11.3. The average molecular weight is 232 g/mol. The zero-order chi connectivity index (χ0) is 11.3. The summed E-state index contributed by atoms with van der Waals surface area (Å²) in [6, 6.07) is 0. The lowest BCUT2D eigenvalue weighted by atomic mass is 9.75. The van der Waals surface area contributed by atoms with Gasteiger partial charge in [-0.15, -0.1) is 0 Å². The van der Waals surface area contributed by atoms with E-state index in [9.17, 15) is 0 Å². The molecule has 4 rings (SSSR count). The van der Waals surface area contributed by atoms with Gasteiger partial charge in [-0.25, -0.2) is 0 Å². The third-order valence-corrected chi connectivity index (χ3v) is 7.19. The van der Waals surface area contributed by atoms with Crippen molar-refractivity contribution in [2.24, 2.45) is 22.7 Å². The van der Waals surface area contributed by atoms with E-state index < -0.39 is 0 Å². The highest BCUT2D eigenvalue weighted by Gasteiger charge is 2.46. The van der Waals surface area contributed by atoms with Crippen LogP contribution in [0.1, 0.15) is 83.5 Å². The smallest absolute Gasteiger partial charge is 0.0295 e. The average Bonchev–Trinajstić information content (AvgIpc) is 3.08. The Hall–Kier alpha value is 0. The highest BCUT2D eigenvalue weighted by Crippen LogP contribution is 2.59. The molecule has 4 fully saturated rings. The van der Waals surface area contributed by atoms with Crippen molar-refractivity contribution in [3.05, 3.63) is 0 Å². The SMILES string of the molecule is C(CC12CCC(CC1)C2)CC12CCC(CC1)C2. The fourth-order valence-electron chi connectivity index (χ4n) is 6.16. The van der Waals surface area contributed by atoms with Gasteiger partial charge >= 0.3 is 0 Å². The van der Waals surface area contributed by atoms with Gasteiger partial charge in [0, 0.05) is 0 Å². The van der Waals surface area contributed by atoms with E-state index >= 15 is 0 Å². The molecule has 0 heteroatoms. The Balaban J connectivity index is 1.31. The van der Waals surface area contributed by atoms with Crippen LogP contribution in [-0.2, 0) is 0 Å². The molecular formula is C17H28. The Morgan fingerprint density at radius 3 is 1.35 bits per heavy atom. The van der Waals surface area contributed by atoms with E-state index in [0.29, 0.717) is 0 Å². The summed E-state index contributed by atoms with van der Waals surface area (Å²) in [5.41, 5.74) is 1.72. The first-order chi connectivity index (χ1) is 8.28. The van der Waals surface area contributed by atoms with E-state index in [0.717, 1.165) is 22.7 Å². The molecule has 4 saturated carbocycles. The van der Waals surface area contributed by atoms with Crippen LogP contribution in [0.15, 0.2) is 0 Å². The second-order valence-corrected chi connectivity index (χ2v) is 8.15. The third kappa shape index (κ3) is 1.78. The van der Waals surface area contributed by atoms with E-state index in [1.165, 1.54) is 0 Å². The lowest BCUT2D eigenvalue weighted by Crippen LogP contribution is -2.17. The van der Waals surface area contributed by atoms with Gasteiger partial charge < -0.3 is 0 Å². The molecule has 0 heterocycles. The van der Waals surface area contributed by atoms with Crippen molar-refractivity contribution in [1.82, 2.24) is 0 Å². The first-order valence-electron chi connectivity index (χ1n) is 8.28. The summed E-state index contributed by atoms with van der Waals surface area (Å²) in [5, 5.41) is 0. The van der Waals surface area contributed by atoms with Crippen molar-refractivity contribution in [3.63, 3.8) is 0 Å². The van der Waals surface area contributed by atoms with Gasteiger partial charge in [0.25, 0.3) is 0 Å². The van der Waals surface area contributed by atoms with Crippen LogP contribution in [0.2, 0.25) is 0 Å². The molecule has 0 amide bonds. The van der Waals surface area contributed by atoms with E-state index in [4.69, 9.17) is 0 Å². The fourth-order valence-corrected chi connectivity index (χ4v) is 6.16. The third-order valence-electron chi connectivity index (χ3n) is 7.19. The lowest BCUT2D eigenvalue weighted by molar-refractivity contribution is 0.213. The van der Waals surface area contributed by atoms with Crippen LogP contribution in [0.25, 0.3) is 0 Å². The molecule has 0 N–H and O–H groups in total. The monoisotopic (exact) mass is 232 g/mol. The largest absolute Gasteiger partial charge is 0.0522 e. The van der Waals surface area contributed by atoms with Crippen molar-refractivity contribution in [3.8, 4) is 0 Å². The molecule has 0 aromatic rings. The van der Waals surface area contributed by atoms with Gasteiger partial charge in [-0.2, -0.15) is 0 Å². The van der Waals surface area contributed by atoms with Gasteiger partial charge in [0.1, 0.15) is 0 Å². The fraction of sp³-hybridized carbons (Fsp3) is 1.00. The van der Waals surface area contributed by atoms with Crippen molar-refractivity contribution in [2.75, 3.05) is 0 Å². The molecule has 17 heavy (non-hydrogen) atoms. The normalized spacial score (nSPS) is 51.5. The zero-order valence-electron chi connectivity index (χ0n) is 11.3. The molecule has 4 bridgehead atoms. The summed E-state index contributed by atoms with van der Waals surface area (Å²) in [7, 11) is 0. The van der Waals surface area contributed by atoms with Crippen LogP contribution in [0.5, 0.6) is 0 Å². The minimum atomic E-state index is 0.859. The molecule has 0 saturated heterocycles. The Labute approximate surface area is 107 Å². The maximum atomic E-state index is 1.61. The predicted octanol–water partition coefficient (Wildman–Crippen LogP) is 5.32. The standard InChI is InChI=1S/C17H28/c1(6-16-8-2-14(12-16)3-9-16)7-17-10-4-15(13-17)5-11-17/h14-15H,1-13H2. The first-order valence-corrected chi connectivity index (χ1v) is 8.28. The summed E-state index contributed by atoms with van der Waals surface area (Å²) in [6.45, 7) is 0. The van der Waals surface area contributed by atoms with Crippen LogP contribution in [0.3, 0.4) is 0 Å². The van der Waals surface area contributed by atoms with Crippen molar-refractivity contribution < 1.29 is 0 Å². The number of hydrogen-bond acceptors (Lipinski definition) is 0. The molecular weight excluding hydrogens is 204 g/mol. The maximum Gasteiger partial charge on any atom is -0.0295 e. The van der Waals surface area contributed by atoms with Crippen molar-refractivity contribution in [2.45, 2.75) is 83.5 Å². The molecule has 0 aromatic carbocycles. The van der Waals surface area contributed by atoms with E-state index in [-0.39, 0.29) is 0 Å². The van der Waals surface area contributed by atoms with E-state index in [1.807, 2.05) is 0 Å². The second kappa shape index (κ2) is 3.75. The van der Waals surface area contributed by atoms with Crippen molar-refractivity contribution in [1.29, 1.82) is 0 Å². The second-order valence-electron chi connectivity index (χ2n) is 8.15. The molecule has 0 nitrogen and oxygen atoms in total. The van der Waals surface area contributed by atoms with Gasteiger partial charge in [-0.05, 0) is 99.7 Å². The number of hydrogen-bond donors (Lipinski definition) is 0. The molecule has 0 aliphatic heterocycles. The Morgan fingerprint density at radius 2 is 1.06 bits per heavy atom. The quantitative estimate of drug-likeness (QED) is 0.615. The minimum Gasteiger partial charge on any atom is -0.0522 e. The van der Waals surface area contributed by atoms with Gasteiger partial charge in [-0.3, -0.25) is 0 Å². The summed E-state index contributed by atoms with van der Waals surface area (Å²) in [5.74, 6) is 2.30. The molecule has 4 aliphatic carbocycles. The van der Waals surface area contributed by atoms with Gasteiger partial charge in [0.15, 0.2) is 0 Å². The molecule has 0 atom stereocenters. The number of rotatable bonds is 4. The topological polar surface area (TPSA) is 0 Å².